The number of hydrogen-bond donors (Lipinski definition) is 2. The standard InChI is InChI=1S/C20H21FN2O4/c1-27-18-7-4-14(10-17(18)24)20(26)22-16-11-19(25)23(12-16)9-8-13-2-5-15(21)6-3-13/h2-7,10,16,24H,8-9,11-12H2,1H3,(H,22,26)/t16-/m0/s1. The maximum atomic E-state index is 12.9. The van der Waals surface area contributed by atoms with E-state index in [9.17, 15) is 19.1 Å². The number of benzene rings is 2. The summed E-state index contributed by atoms with van der Waals surface area (Å²) in [6.45, 7) is 0.939. The monoisotopic (exact) mass is 372 g/mol. The second kappa shape index (κ2) is 8.07. The number of carbonyl (C=O) groups is 2. The van der Waals surface area contributed by atoms with E-state index in [-0.39, 0.29) is 41.6 Å². The van der Waals surface area contributed by atoms with E-state index in [0.29, 0.717) is 25.1 Å². The van der Waals surface area contributed by atoms with Crippen LogP contribution in [0.25, 0.3) is 0 Å². The van der Waals surface area contributed by atoms with Gasteiger partial charge >= 0.3 is 0 Å². The lowest BCUT2D eigenvalue weighted by Gasteiger charge is -2.17. The van der Waals surface area contributed by atoms with Gasteiger partial charge in [0.2, 0.25) is 5.91 Å². The minimum Gasteiger partial charge on any atom is -0.504 e. The molecule has 0 spiro atoms. The van der Waals surface area contributed by atoms with Crippen LogP contribution in [0.1, 0.15) is 22.3 Å². The van der Waals surface area contributed by atoms with Gasteiger partial charge in [0.15, 0.2) is 11.5 Å². The number of halogens is 1. The van der Waals surface area contributed by atoms with E-state index >= 15 is 0 Å². The van der Waals surface area contributed by atoms with Crippen molar-refractivity contribution in [2.75, 3.05) is 20.2 Å². The fourth-order valence-corrected chi connectivity index (χ4v) is 3.10. The molecule has 2 amide bonds. The van der Waals surface area contributed by atoms with Gasteiger partial charge in [-0.05, 0) is 42.3 Å². The number of likely N-dealkylation sites (tertiary alicyclic amines) is 1. The number of phenolic OH excluding ortho intramolecular Hbond substituents is 1. The van der Waals surface area contributed by atoms with E-state index < -0.39 is 0 Å². The Morgan fingerprint density at radius 3 is 2.70 bits per heavy atom. The predicted octanol–water partition coefficient (Wildman–Crippen LogP) is 2.11. The Kier molecular flexibility index (Phi) is 5.59. The number of rotatable bonds is 6. The minimum atomic E-state index is -0.355. The van der Waals surface area contributed by atoms with Crippen molar-refractivity contribution in [1.29, 1.82) is 0 Å². The lowest BCUT2D eigenvalue weighted by Crippen LogP contribution is -2.37. The summed E-state index contributed by atoms with van der Waals surface area (Å²) in [5, 5.41) is 12.6. The summed E-state index contributed by atoms with van der Waals surface area (Å²) in [6, 6.07) is 10.3. The molecular formula is C20H21FN2O4. The lowest BCUT2D eigenvalue weighted by molar-refractivity contribution is -0.127. The molecule has 3 rings (SSSR count). The van der Waals surface area contributed by atoms with Gasteiger partial charge in [0.05, 0.1) is 13.2 Å². The van der Waals surface area contributed by atoms with Crippen molar-refractivity contribution in [3.63, 3.8) is 0 Å². The van der Waals surface area contributed by atoms with Crippen LogP contribution in [-0.4, -0.2) is 48.1 Å². The summed E-state index contributed by atoms with van der Waals surface area (Å²) in [7, 11) is 1.43. The normalized spacial score (nSPS) is 16.4. The van der Waals surface area contributed by atoms with Gasteiger partial charge in [0.1, 0.15) is 5.82 Å². The summed E-state index contributed by atoms with van der Waals surface area (Å²) in [6.07, 6.45) is 0.857. The number of carbonyl (C=O) groups excluding carboxylic acids is 2. The third-order valence-electron chi connectivity index (χ3n) is 4.57. The highest BCUT2D eigenvalue weighted by atomic mass is 19.1. The van der Waals surface area contributed by atoms with E-state index in [1.165, 1.54) is 31.4 Å². The van der Waals surface area contributed by atoms with E-state index in [2.05, 4.69) is 5.32 Å². The zero-order valence-corrected chi connectivity index (χ0v) is 14.9. The van der Waals surface area contributed by atoms with Crippen molar-refractivity contribution in [2.24, 2.45) is 0 Å². The Balaban J connectivity index is 1.54. The van der Waals surface area contributed by atoms with E-state index in [1.54, 1.807) is 23.1 Å². The van der Waals surface area contributed by atoms with Crippen LogP contribution in [0, 0.1) is 5.82 Å². The van der Waals surface area contributed by atoms with Gasteiger partial charge in [0, 0.05) is 25.1 Å². The first-order valence-electron chi connectivity index (χ1n) is 8.66. The third kappa shape index (κ3) is 4.55. The zero-order chi connectivity index (χ0) is 19.4. The molecule has 1 fully saturated rings. The smallest absolute Gasteiger partial charge is 0.251 e. The van der Waals surface area contributed by atoms with Crippen LogP contribution < -0.4 is 10.1 Å². The molecule has 0 aromatic heterocycles. The summed E-state index contributed by atoms with van der Waals surface area (Å²) >= 11 is 0. The summed E-state index contributed by atoms with van der Waals surface area (Å²) < 4.78 is 17.9. The van der Waals surface area contributed by atoms with Crippen molar-refractivity contribution >= 4 is 11.8 Å². The fourth-order valence-electron chi connectivity index (χ4n) is 3.10. The Labute approximate surface area is 156 Å². The number of ether oxygens (including phenoxy) is 1. The van der Waals surface area contributed by atoms with Crippen LogP contribution in [0.2, 0.25) is 0 Å². The fraction of sp³-hybridized carbons (Fsp3) is 0.300. The number of aromatic hydroxyl groups is 1. The number of amides is 2. The number of nitrogens with zero attached hydrogens (tertiary/aromatic N) is 1. The molecule has 1 saturated heterocycles. The average molecular weight is 372 g/mol. The molecule has 0 bridgehead atoms. The molecule has 1 aliphatic rings. The van der Waals surface area contributed by atoms with Crippen molar-refractivity contribution in [3.8, 4) is 11.5 Å². The van der Waals surface area contributed by atoms with Gasteiger partial charge in [-0.1, -0.05) is 12.1 Å². The van der Waals surface area contributed by atoms with Gasteiger partial charge in [-0.15, -0.1) is 0 Å². The highest BCUT2D eigenvalue weighted by Gasteiger charge is 2.30. The highest BCUT2D eigenvalue weighted by Crippen LogP contribution is 2.26. The first kappa shape index (κ1) is 18.7. The van der Waals surface area contributed by atoms with Crippen LogP contribution >= 0.6 is 0 Å². The van der Waals surface area contributed by atoms with Gasteiger partial charge in [-0.3, -0.25) is 9.59 Å². The number of hydrogen-bond acceptors (Lipinski definition) is 4. The maximum Gasteiger partial charge on any atom is 0.251 e. The quantitative estimate of drug-likeness (QED) is 0.814. The SMILES string of the molecule is COc1ccc(C(=O)N[C@H]2CC(=O)N(CCc3ccc(F)cc3)C2)cc1O. The molecule has 6 nitrogen and oxygen atoms in total. The largest absolute Gasteiger partial charge is 0.504 e. The van der Waals surface area contributed by atoms with Crippen LogP contribution in [0.3, 0.4) is 0 Å². The lowest BCUT2D eigenvalue weighted by atomic mass is 10.1. The van der Waals surface area contributed by atoms with Gasteiger partial charge in [-0.2, -0.15) is 0 Å². The van der Waals surface area contributed by atoms with E-state index in [1.807, 2.05) is 0 Å². The predicted molar refractivity (Wildman–Crippen MR) is 97.2 cm³/mol. The molecule has 27 heavy (non-hydrogen) atoms. The Bertz CT molecular complexity index is 838. The van der Waals surface area contributed by atoms with E-state index in [4.69, 9.17) is 4.74 Å². The van der Waals surface area contributed by atoms with Crippen molar-refractivity contribution in [2.45, 2.75) is 18.9 Å². The topological polar surface area (TPSA) is 78.9 Å². The van der Waals surface area contributed by atoms with Crippen molar-refractivity contribution in [3.05, 3.63) is 59.4 Å². The van der Waals surface area contributed by atoms with Crippen LogP contribution in [0.15, 0.2) is 42.5 Å². The molecule has 2 N–H and O–H groups in total. The molecule has 142 valence electrons. The number of phenols is 1. The molecule has 1 heterocycles. The summed E-state index contributed by atoms with van der Waals surface area (Å²) in [5.41, 5.74) is 1.25. The molecule has 0 radical (unpaired) electrons. The highest BCUT2D eigenvalue weighted by molar-refractivity contribution is 5.95. The second-order valence-electron chi connectivity index (χ2n) is 6.48. The molecule has 1 aliphatic heterocycles. The van der Waals surface area contributed by atoms with Crippen molar-refractivity contribution < 1.29 is 23.8 Å². The van der Waals surface area contributed by atoms with Crippen molar-refractivity contribution in [1.82, 2.24) is 10.2 Å². The Hall–Kier alpha value is -3.09. The summed E-state index contributed by atoms with van der Waals surface area (Å²) in [4.78, 5) is 26.2. The average Bonchev–Trinajstić information content (AvgIpc) is 3.00. The Morgan fingerprint density at radius 2 is 2.04 bits per heavy atom. The molecule has 0 unspecified atom stereocenters. The van der Waals surface area contributed by atoms with Crippen LogP contribution in [0.4, 0.5) is 4.39 Å². The maximum absolute atomic E-state index is 12.9. The Morgan fingerprint density at radius 1 is 1.30 bits per heavy atom. The second-order valence-corrected chi connectivity index (χ2v) is 6.48. The molecular weight excluding hydrogens is 351 g/mol. The van der Waals surface area contributed by atoms with Gasteiger partial charge < -0.3 is 20.1 Å². The molecule has 1 atom stereocenters. The molecule has 0 saturated carbocycles. The first-order valence-corrected chi connectivity index (χ1v) is 8.66. The van der Waals surface area contributed by atoms with Crippen LogP contribution in [0.5, 0.6) is 11.5 Å². The number of methoxy groups -OCH3 is 1. The molecule has 7 heteroatoms. The summed E-state index contributed by atoms with van der Waals surface area (Å²) in [5.74, 6) is -0.502. The van der Waals surface area contributed by atoms with E-state index in [0.717, 1.165) is 5.56 Å². The minimum absolute atomic E-state index is 0.0278. The zero-order valence-electron chi connectivity index (χ0n) is 14.9. The first-order chi connectivity index (χ1) is 13.0. The number of nitrogens with one attached hydrogen (secondary N) is 1. The molecule has 2 aromatic rings. The van der Waals surface area contributed by atoms with Gasteiger partial charge in [0.25, 0.3) is 5.91 Å². The molecule has 2 aromatic carbocycles. The van der Waals surface area contributed by atoms with Crippen LogP contribution in [-0.2, 0) is 11.2 Å². The third-order valence-corrected chi connectivity index (χ3v) is 4.57. The van der Waals surface area contributed by atoms with Gasteiger partial charge in [-0.25, -0.2) is 4.39 Å². The molecule has 0 aliphatic carbocycles.